The Balaban J connectivity index is 2.01. The number of aromatic nitrogens is 2. The fourth-order valence-corrected chi connectivity index (χ4v) is 3.39. The summed E-state index contributed by atoms with van der Waals surface area (Å²) in [4.78, 5) is 12.2. The van der Waals surface area contributed by atoms with E-state index in [0.717, 1.165) is 24.4 Å². The monoisotopic (exact) mass is 355 g/mol. The van der Waals surface area contributed by atoms with Crippen molar-refractivity contribution >= 4 is 21.6 Å². The Hall–Kier alpha value is -0.840. The smallest absolute Gasteiger partial charge is 0.283 e. The van der Waals surface area contributed by atoms with Crippen molar-refractivity contribution in [2.24, 2.45) is 5.92 Å². The summed E-state index contributed by atoms with van der Waals surface area (Å²) in [6, 6.07) is 0.469. The van der Waals surface area contributed by atoms with Crippen molar-refractivity contribution < 1.29 is 0 Å². The average molecular weight is 356 g/mol. The molecule has 0 radical (unpaired) electrons. The fourth-order valence-electron chi connectivity index (χ4n) is 2.97. The summed E-state index contributed by atoms with van der Waals surface area (Å²) in [5.74, 6) is 0.881. The summed E-state index contributed by atoms with van der Waals surface area (Å²) in [6.45, 7) is 5.08. The number of anilines is 1. The summed E-state index contributed by atoms with van der Waals surface area (Å²) >= 11 is 3.44. The zero-order valence-electron chi connectivity index (χ0n) is 13.1. The van der Waals surface area contributed by atoms with E-state index < -0.39 is 0 Å². The normalized spacial score (nSPS) is 22.2. The third-order valence-electron chi connectivity index (χ3n) is 4.49. The van der Waals surface area contributed by atoms with Gasteiger partial charge >= 0.3 is 0 Å². The van der Waals surface area contributed by atoms with Crippen LogP contribution in [0.5, 0.6) is 0 Å². The predicted octanol–water partition coefficient (Wildman–Crippen LogP) is 4.19. The first-order valence-electron chi connectivity index (χ1n) is 8.17. The second-order valence-electron chi connectivity index (χ2n) is 6.02. The lowest BCUT2D eigenvalue weighted by atomic mass is 9.84. The first-order chi connectivity index (χ1) is 10.2. The topological polar surface area (TPSA) is 46.9 Å². The lowest BCUT2D eigenvalue weighted by molar-refractivity contribution is 0.330. The Morgan fingerprint density at radius 3 is 2.67 bits per heavy atom. The lowest BCUT2D eigenvalue weighted by Crippen LogP contribution is -2.29. The van der Waals surface area contributed by atoms with Crippen LogP contribution in [0, 0.1) is 5.92 Å². The van der Waals surface area contributed by atoms with Gasteiger partial charge < -0.3 is 5.32 Å². The van der Waals surface area contributed by atoms with Crippen LogP contribution in [0.15, 0.2) is 15.5 Å². The fraction of sp³-hybridized carbons (Fsp3) is 0.750. The largest absolute Gasteiger partial charge is 0.380 e. The molecule has 1 aromatic heterocycles. The minimum atomic E-state index is -0.0318. The van der Waals surface area contributed by atoms with Gasteiger partial charge in [0.1, 0.15) is 4.47 Å². The highest BCUT2D eigenvalue weighted by molar-refractivity contribution is 9.10. The summed E-state index contributed by atoms with van der Waals surface area (Å²) < 4.78 is 2.17. The van der Waals surface area contributed by atoms with Crippen LogP contribution in [-0.2, 0) is 6.54 Å². The van der Waals surface area contributed by atoms with E-state index in [1.807, 2.05) is 0 Å². The van der Waals surface area contributed by atoms with Crippen LogP contribution in [0.2, 0.25) is 0 Å². The van der Waals surface area contributed by atoms with E-state index >= 15 is 0 Å². The third-order valence-corrected chi connectivity index (χ3v) is 5.26. The van der Waals surface area contributed by atoms with Crippen LogP contribution >= 0.6 is 15.9 Å². The highest BCUT2D eigenvalue weighted by atomic mass is 79.9. The molecule has 2 rings (SSSR count). The van der Waals surface area contributed by atoms with Gasteiger partial charge in [0.25, 0.3) is 5.56 Å². The van der Waals surface area contributed by atoms with Crippen LogP contribution in [0.25, 0.3) is 0 Å². The number of halogens is 1. The van der Waals surface area contributed by atoms with E-state index in [9.17, 15) is 4.79 Å². The van der Waals surface area contributed by atoms with Crippen LogP contribution in [0.1, 0.15) is 58.8 Å². The van der Waals surface area contributed by atoms with Crippen molar-refractivity contribution in [3.8, 4) is 0 Å². The summed E-state index contributed by atoms with van der Waals surface area (Å²) in [6.07, 6.45) is 10.0. The summed E-state index contributed by atoms with van der Waals surface area (Å²) in [7, 11) is 0. The van der Waals surface area contributed by atoms with Gasteiger partial charge in [0, 0.05) is 12.6 Å². The molecule has 1 aliphatic rings. The van der Waals surface area contributed by atoms with Crippen molar-refractivity contribution in [1.29, 1.82) is 0 Å². The van der Waals surface area contributed by atoms with E-state index in [4.69, 9.17) is 0 Å². The standard InChI is InChI=1S/C16H26BrN3O/c1-3-5-10-20-16(21)15(17)14(11-18-20)19-13-8-6-12(4-2)7-9-13/h11-13,19H,3-10H2,1-2H3. The second kappa shape index (κ2) is 7.97. The quantitative estimate of drug-likeness (QED) is 0.832. The van der Waals surface area contributed by atoms with Crippen LogP contribution in [0.3, 0.4) is 0 Å². The van der Waals surface area contributed by atoms with Gasteiger partial charge in [-0.1, -0.05) is 26.7 Å². The Morgan fingerprint density at radius 2 is 2.05 bits per heavy atom. The molecule has 1 fully saturated rings. The zero-order valence-corrected chi connectivity index (χ0v) is 14.7. The Morgan fingerprint density at radius 1 is 1.33 bits per heavy atom. The van der Waals surface area contributed by atoms with Crippen LogP contribution in [-0.4, -0.2) is 15.8 Å². The molecule has 1 aliphatic carbocycles. The molecular weight excluding hydrogens is 330 g/mol. The van der Waals surface area contributed by atoms with Crippen molar-refractivity contribution in [2.45, 2.75) is 71.4 Å². The number of nitrogens with zero attached hydrogens (tertiary/aromatic N) is 2. The molecule has 4 nitrogen and oxygen atoms in total. The van der Waals surface area contributed by atoms with Crippen molar-refractivity contribution in [3.63, 3.8) is 0 Å². The average Bonchev–Trinajstić information content (AvgIpc) is 2.52. The minimum absolute atomic E-state index is 0.0318. The molecule has 1 aromatic rings. The Labute approximate surface area is 135 Å². The highest BCUT2D eigenvalue weighted by Crippen LogP contribution is 2.29. The number of hydrogen-bond acceptors (Lipinski definition) is 3. The predicted molar refractivity (Wildman–Crippen MR) is 90.8 cm³/mol. The molecule has 0 atom stereocenters. The maximum atomic E-state index is 12.2. The maximum absolute atomic E-state index is 12.2. The molecule has 0 bridgehead atoms. The van der Waals surface area contributed by atoms with Gasteiger partial charge in [0.15, 0.2) is 0 Å². The highest BCUT2D eigenvalue weighted by Gasteiger charge is 2.21. The van der Waals surface area contributed by atoms with Gasteiger partial charge in [-0.2, -0.15) is 5.10 Å². The SMILES string of the molecule is CCCCn1ncc(NC2CCC(CC)CC2)c(Br)c1=O. The number of nitrogens with one attached hydrogen (secondary N) is 1. The van der Waals surface area contributed by atoms with Gasteiger partial charge in [0.05, 0.1) is 11.9 Å². The van der Waals surface area contributed by atoms with Gasteiger partial charge in [-0.15, -0.1) is 0 Å². The first-order valence-corrected chi connectivity index (χ1v) is 8.97. The van der Waals surface area contributed by atoms with E-state index in [2.05, 4.69) is 40.2 Å². The van der Waals surface area contributed by atoms with E-state index in [1.165, 1.54) is 32.1 Å². The Bertz CT molecular complexity index is 507. The van der Waals surface area contributed by atoms with Gasteiger partial charge in [-0.05, 0) is 54.0 Å². The molecular formula is C16H26BrN3O. The third kappa shape index (κ3) is 4.31. The van der Waals surface area contributed by atoms with Crippen LogP contribution in [0.4, 0.5) is 5.69 Å². The van der Waals surface area contributed by atoms with Crippen molar-refractivity contribution in [2.75, 3.05) is 5.32 Å². The minimum Gasteiger partial charge on any atom is -0.380 e. The van der Waals surface area contributed by atoms with Gasteiger partial charge in [0.2, 0.25) is 0 Å². The van der Waals surface area contributed by atoms with Gasteiger partial charge in [-0.25, -0.2) is 4.68 Å². The van der Waals surface area contributed by atoms with E-state index in [0.29, 0.717) is 17.1 Å². The summed E-state index contributed by atoms with van der Waals surface area (Å²) in [5.41, 5.74) is 0.809. The molecule has 0 aliphatic heterocycles. The molecule has 1 saturated carbocycles. The molecule has 21 heavy (non-hydrogen) atoms. The second-order valence-corrected chi connectivity index (χ2v) is 6.82. The number of hydrogen-bond donors (Lipinski definition) is 1. The maximum Gasteiger partial charge on any atom is 0.283 e. The Kier molecular flexibility index (Phi) is 6.27. The zero-order chi connectivity index (χ0) is 15.2. The number of rotatable bonds is 6. The van der Waals surface area contributed by atoms with Crippen LogP contribution < -0.4 is 10.9 Å². The molecule has 0 spiro atoms. The van der Waals surface area contributed by atoms with Gasteiger partial charge in [-0.3, -0.25) is 4.79 Å². The lowest BCUT2D eigenvalue weighted by Gasteiger charge is -2.29. The number of unbranched alkanes of at least 4 members (excludes halogenated alkanes) is 1. The molecule has 118 valence electrons. The molecule has 1 heterocycles. The molecule has 0 unspecified atom stereocenters. The molecule has 1 N–H and O–H groups in total. The summed E-state index contributed by atoms with van der Waals surface area (Å²) in [5, 5.41) is 7.78. The molecule has 0 aromatic carbocycles. The van der Waals surface area contributed by atoms with E-state index in [-0.39, 0.29) is 5.56 Å². The molecule has 5 heteroatoms. The van der Waals surface area contributed by atoms with E-state index in [1.54, 1.807) is 10.9 Å². The first kappa shape index (κ1) is 16.5. The van der Waals surface area contributed by atoms with Crippen molar-refractivity contribution in [3.05, 3.63) is 21.0 Å². The molecule has 0 saturated heterocycles. The molecule has 0 amide bonds. The van der Waals surface area contributed by atoms with Crippen molar-refractivity contribution in [1.82, 2.24) is 9.78 Å². The number of aryl methyl sites for hydroxylation is 1.